The SMILES string of the molecule is Cc1ccc(O)c(NC(=O)Nc2ccccc2O)c1. The zero-order valence-corrected chi connectivity index (χ0v) is 10.3. The van der Waals surface area contributed by atoms with Crippen LogP contribution in [0.1, 0.15) is 5.56 Å². The lowest BCUT2D eigenvalue weighted by Gasteiger charge is -2.10. The van der Waals surface area contributed by atoms with E-state index in [2.05, 4.69) is 10.6 Å². The number of carbonyl (C=O) groups excluding carboxylic acids is 1. The van der Waals surface area contributed by atoms with Gasteiger partial charge in [-0.2, -0.15) is 0 Å². The van der Waals surface area contributed by atoms with Gasteiger partial charge in [0.1, 0.15) is 11.5 Å². The molecule has 5 nitrogen and oxygen atoms in total. The first-order valence-electron chi connectivity index (χ1n) is 5.72. The van der Waals surface area contributed by atoms with E-state index in [1.807, 2.05) is 6.92 Å². The van der Waals surface area contributed by atoms with Crippen molar-refractivity contribution in [2.45, 2.75) is 6.92 Å². The molecule has 0 saturated heterocycles. The largest absolute Gasteiger partial charge is 0.506 e. The van der Waals surface area contributed by atoms with Gasteiger partial charge < -0.3 is 20.8 Å². The number of urea groups is 1. The van der Waals surface area contributed by atoms with Crippen LogP contribution >= 0.6 is 0 Å². The van der Waals surface area contributed by atoms with Crippen molar-refractivity contribution in [3.63, 3.8) is 0 Å². The van der Waals surface area contributed by atoms with Crippen LogP contribution in [0.3, 0.4) is 0 Å². The van der Waals surface area contributed by atoms with Gasteiger partial charge in [-0.15, -0.1) is 0 Å². The van der Waals surface area contributed by atoms with Crippen LogP contribution in [0.4, 0.5) is 16.2 Å². The first-order valence-corrected chi connectivity index (χ1v) is 5.72. The fourth-order valence-electron chi connectivity index (χ4n) is 1.61. The summed E-state index contributed by atoms with van der Waals surface area (Å²) in [7, 11) is 0. The first-order chi connectivity index (χ1) is 9.06. The Balaban J connectivity index is 2.10. The lowest BCUT2D eigenvalue weighted by atomic mass is 10.2. The molecule has 0 heterocycles. The van der Waals surface area contributed by atoms with E-state index in [9.17, 15) is 15.0 Å². The third-order valence-corrected chi connectivity index (χ3v) is 2.55. The van der Waals surface area contributed by atoms with Gasteiger partial charge in [0.15, 0.2) is 0 Å². The number of hydrogen-bond acceptors (Lipinski definition) is 3. The number of phenolic OH excluding ortho intramolecular Hbond substituents is 2. The molecule has 0 bridgehead atoms. The van der Waals surface area contributed by atoms with Gasteiger partial charge in [-0.25, -0.2) is 4.79 Å². The summed E-state index contributed by atoms with van der Waals surface area (Å²) >= 11 is 0. The zero-order valence-electron chi connectivity index (χ0n) is 10.3. The molecule has 2 amide bonds. The van der Waals surface area contributed by atoms with E-state index in [-0.39, 0.29) is 11.5 Å². The second-order valence-corrected chi connectivity index (χ2v) is 4.12. The number of anilines is 2. The van der Waals surface area contributed by atoms with Gasteiger partial charge in [0.2, 0.25) is 0 Å². The van der Waals surface area contributed by atoms with E-state index in [4.69, 9.17) is 0 Å². The average molecular weight is 258 g/mol. The van der Waals surface area contributed by atoms with Gasteiger partial charge >= 0.3 is 6.03 Å². The Kier molecular flexibility index (Phi) is 3.56. The normalized spacial score (nSPS) is 9.95. The molecule has 98 valence electrons. The summed E-state index contributed by atoms with van der Waals surface area (Å²) in [4.78, 5) is 11.8. The lowest BCUT2D eigenvalue weighted by molar-refractivity contribution is 0.262. The predicted molar refractivity (Wildman–Crippen MR) is 73.6 cm³/mol. The van der Waals surface area contributed by atoms with Crippen LogP contribution in [0.2, 0.25) is 0 Å². The third-order valence-electron chi connectivity index (χ3n) is 2.55. The van der Waals surface area contributed by atoms with E-state index < -0.39 is 6.03 Å². The minimum atomic E-state index is -0.539. The summed E-state index contributed by atoms with van der Waals surface area (Å²) < 4.78 is 0. The molecule has 0 aliphatic heterocycles. The van der Waals surface area contributed by atoms with Gasteiger partial charge in [-0.1, -0.05) is 18.2 Å². The number of aryl methyl sites for hydroxylation is 1. The molecule has 4 N–H and O–H groups in total. The number of phenols is 2. The quantitative estimate of drug-likeness (QED) is 0.625. The van der Waals surface area contributed by atoms with Crippen LogP contribution in [-0.2, 0) is 0 Å². The predicted octanol–water partition coefficient (Wildman–Crippen LogP) is 3.05. The van der Waals surface area contributed by atoms with E-state index >= 15 is 0 Å². The molecule has 0 fully saturated rings. The zero-order chi connectivity index (χ0) is 13.8. The van der Waals surface area contributed by atoms with Gasteiger partial charge in [0, 0.05) is 0 Å². The van der Waals surface area contributed by atoms with E-state index in [1.165, 1.54) is 12.1 Å². The number of rotatable bonds is 2. The van der Waals surface area contributed by atoms with Crippen molar-refractivity contribution in [3.8, 4) is 11.5 Å². The summed E-state index contributed by atoms with van der Waals surface area (Å²) in [5.74, 6) is -0.0378. The first kappa shape index (κ1) is 12.8. The maximum atomic E-state index is 11.8. The Morgan fingerprint density at radius 2 is 1.58 bits per heavy atom. The van der Waals surface area contributed by atoms with Crippen LogP contribution in [0.15, 0.2) is 42.5 Å². The smallest absolute Gasteiger partial charge is 0.323 e. The summed E-state index contributed by atoms with van der Waals surface area (Å²) in [5.41, 5.74) is 1.52. The van der Waals surface area contributed by atoms with Crippen molar-refractivity contribution in [2.24, 2.45) is 0 Å². The van der Waals surface area contributed by atoms with Crippen molar-refractivity contribution < 1.29 is 15.0 Å². The minimum absolute atomic E-state index is 0.0157. The molecule has 0 aromatic heterocycles. The van der Waals surface area contributed by atoms with E-state index in [0.717, 1.165) is 5.56 Å². The Morgan fingerprint density at radius 1 is 0.947 bits per heavy atom. The van der Waals surface area contributed by atoms with Gasteiger partial charge in [0.05, 0.1) is 11.4 Å². The number of hydrogen-bond donors (Lipinski definition) is 4. The molecule has 0 aliphatic rings. The molecule has 0 unspecified atom stereocenters. The van der Waals surface area contributed by atoms with Gasteiger partial charge in [-0.3, -0.25) is 0 Å². The maximum absolute atomic E-state index is 11.8. The highest BCUT2D eigenvalue weighted by Crippen LogP contribution is 2.25. The molecule has 2 aromatic rings. The fourth-order valence-corrected chi connectivity index (χ4v) is 1.61. The third kappa shape index (κ3) is 3.16. The van der Waals surface area contributed by atoms with E-state index in [1.54, 1.807) is 30.3 Å². The highest BCUT2D eigenvalue weighted by atomic mass is 16.3. The van der Waals surface area contributed by atoms with Gasteiger partial charge in [-0.05, 0) is 36.8 Å². The molecule has 19 heavy (non-hydrogen) atoms. The molecule has 0 spiro atoms. The minimum Gasteiger partial charge on any atom is -0.506 e. The van der Waals surface area contributed by atoms with Crippen LogP contribution in [0.5, 0.6) is 11.5 Å². The van der Waals surface area contributed by atoms with Crippen LogP contribution in [0, 0.1) is 6.92 Å². The molecule has 0 aliphatic carbocycles. The molecule has 0 atom stereocenters. The van der Waals surface area contributed by atoms with Crippen molar-refractivity contribution >= 4 is 17.4 Å². The van der Waals surface area contributed by atoms with Crippen LogP contribution in [0.25, 0.3) is 0 Å². The summed E-state index contributed by atoms with van der Waals surface area (Å²) in [6.45, 7) is 1.85. The number of nitrogens with one attached hydrogen (secondary N) is 2. The number of aromatic hydroxyl groups is 2. The molecule has 0 radical (unpaired) electrons. The number of carbonyl (C=O) groups is 1. The van der Waals surface area contributed by atoms with Gasteiger partial charge in [0.25, 0.3) is 0 Å². The summed E-state index contributed by atoms with van der Waals surface area (Å²) in [6.07, 6.45) is 0. The second kappa shape index (κ2) is 5.30. The number of para-hydroxylation sites is 2. The summed E-state index contributed by atoms with van der Waals surface area (Å²) in [5, 5.41) is 24.2. The highest BCUT2D eigenvalue weighted by Gasteiger charge is 2.08. The van der Waals surface area contributed by atoms with Crippen molar-refractivity contribution in [1.82, 2.24) is 0 Å². The number of benzene rings is 2. The second-order valence-electron chi connectivity index (χ2n) is 4.12. The topological polar surface area (TPSA) is 81.6 Å². The monoisotopic (exact) mass is 258 g/mol. The van der Waals surface area contributed by atoms with Crippen LogP contribution < -0.4 is 10.6 Å². The Bertz CT molecular complexity index is 611. The van der Waals surface area contributed by atoms with Crippen molar-refractivity contribution in [3.05, 3.63) is 48.0 Å². The Labute approximate surface area is 110 Å². The Hall–Kier alpha value is -2.69. The molecule has 0 saturated carbocycles. The summed E-state index contributed by atoms with van der Waals surface area (Å²) in [6, 6.07) is 10.8. The fraction of sp³-hybridized carbons (Fsp3) is 0.0714. The molecule has 5 heteroatoms. The molecular weight excluding hydrogens is 244 g/mol. The van der Waals surface area contributed by atoms with Crippen molar-refractivity contribution in [1.29, 1.82) is 0 Å². The Morgan fingerprint density at radius 3 is 2.32 bits per heavy atom. The molecule has 2 aromatic carbocycles. The number of amides is 2. The average Bonchev–Trinajstić information content (AvgIpc) is 2.37. The maximum Gasteiger partial charge on any atom is 0.323 e. The molecular formula is C14H14N2O3. The lowest BCUT2D eigenvalue weighted by Crippen LogP contribution is -2.19. The van der Waals surface area contributed by atoms with Crippen molar-refractivity contribution in [2.75, 3.05) is 10.6 Å². The standard InChI is InChI=1S/C14H14N2O3/c1-9-6-7-13(18)11(8-9)16-14(19)15-10-4-2-3-5-12(10)17/h2-8,17-18H,1H3,(H2,15,16,19). The van der Waals surface area contributed by atoms with E-state index in [0.29, 0.717) is 11.4 Å². The highest BCUT2D eigenvalue weighted by molar-refractivity contribution is 6.01. The van der Waals surface area contributed by atoms with Crippen LogP contribution in [-0.4, -0.2) is 16.2 Å². The molecule has 2 rings (SSSR count).